The Balaban J connectivity index is 1.88. The number of aryl methyl sites for hydroxylation is 2. The Bertz CT molecular complexity index is 1160. The maximum Gasteiger partial charge on any atom is 0.238 e. The summed E-state index contributed by atoms with van der Waals surface area (Å²) >= 11 is 0. The third-order valence-corrected chi connectivity index (χ3v) is 5.85. The second kappa shape index (κ2) is 6.07. The van der Waals surface area contributed by atoms with Crippen LogP contribution >= 0.6 is 0 Å². The van der Waals surface area contributed by atoms with Crippen molar-refractivity contribution in [3.05, 3.63) is 52.6 Å². The van der Waals surface area contributed by atoms with Gasteiger partial charge in [-0.1, -0.05) is 0 Å². The summed E-state index contributed by atoms with van der Waals surface area (Å²) < 4.78 is 53.5. The zero-order chi connectivity index (χ0) is 19.5. The van der Waals surface area contributed by atoms with Crippen LogP contribution in [0, 0.1) is 25.5 Å². The Hall–Kier alpha value is -2.39. The number of aromatic nitrogens is 3. The van der Waals surface area contributed by atoms with Gasteiger partial charge in [-0.3, -0.25) is 4.98 Å². The molecule has 1 fully saturated rings. The number of halogens is 2. The highest BCUT2D eigenvalue weighted by Crippen LogP contribution is 2.44. The second-order valence-electron chi connectivity index (χ2n) is 6.92. The molecule has 2 N–H and O–H groups in total. The predicted molar refractivity (Wildman–Crippen MR) is 95.8 cm³/mol. The third-order valence-electron chi connectivity index (χ3n) is 4.96. The average molecular weight is 392 g/mol. The molecule has 142 valence electrons. The second-order valence-corrected chi connectivity index (χ2v) is 8.48. The summed E-state index contributed by atoms with van der Waals surface area (Å²) in [4.78, 5) is 8.29. The summed E-state index contributed by atoms with van der Waals surface area (Å²) in [7, 11) is -4.19. The monoisotopic (exact) mass is 392 g/mol. The molecule has 1 saturated carbocycles. The lowest BCUT2D eigenvalue weighted by atomic mass is 10.1. The van der Waals surface area contributed by atoms with Crippen molar-refractivity contribution >= 4 is 21.1 Å². The highest BCUT2D eigenvalue weighted by molar-refractivity contribution is 7.89. The maximum absolute atomic E-state index is 14.5. The van der Waals surface area contributed by atoms with Crippen LogP contribution in [0.5, 0.6) is 0 Å². The number of primary sulfonamides is 1. The van der Waals surface area contributed by atoms with E-state index < -0.39 is 26.6 Å². The fraction of sp³-hybridized carbons (Fsp3) is 0.333. The van der Waals surface area contributed by atoms with Crippen molar-refractivity contribution in [1.82, 2.24) is 14.5 Å². The fourth-order valence-corrected chi connectivity index (χ4v) is 4.00. The van der Waals surface area contributed by atoms with Gasteiger partial charge in [0, 0.05) is 16.8 Å². The molecule has 0 amide bonds. The van der Waals surface area contributed by atoms with Gasteiger partial charge in [-0.15, -0.1) is 0 Å². The largest absolute Gasteiger partial charge is 0.323 e. The lowest BCUT2D eigenvalue weighted by Gasteiger charge is -2.13. The molecule has 0 radical (unpaired) electrons. The van der Waals surface area contributed by atoms with Gasteiger partial charge >= 0.3 is 0 Å². The molecule has 3 aromatic rings. The van der Waals surface area contributed by atoms with Crippen LogP contribution in [0.1, 0.15) is 41.4 Å². The van der Waals surface area contributed by atoms with Gasteiger partial charge in [0.1, 0.15) is 23.0 Å². The van der Waals surface area contributed by atoms with Crippen LogP contribution in [0.4, 0.5) is 8.78 Å². The Labute approximate surface area is 155 Å². The first-order valence-electron chi connectivity index (χ1n) is 8.50. The van der Waals surface area contributed by atoms with E-state index in [2.05, 4.69) is 9.97 Å². The van der Waals surface area contributed by atoms with E-state index in [1.54, 1.807) is 17.7 Å². The lowest BCUT2D eigenvalue weighted by molar-refractivity contribution is 0.535. The van der Waals surface area contributed by atoms with Gasteiger partial charge in [0.15, 0.2) is 0 Å². The molecule has 6 nitrogen and oxygen atoms in total. The van der Waals surface area contributed by atoms with Crippen molar-refractivity contribution < 1.29 is 17.2 Å². The third kappa shape index (κ3) is 3.10. The molecule has 9 heteroatoms. The van der Waals surface area contributed by atoms with Gasteiger partial charge in [0.05, 0.1) is 23.2 Å². The molecule has 4 rings (SSSR count). The highest BCUT2D eigenvalue weighted by Gasteiger charge is 2.30. The number of nitrogens with two attached hydrogens (primary N) is 1. The molecule has 0 atom stereocenters. The van der Waals surface area contributed by atoms with Gasteiger partial charge in [-0.25, -0.2) is 27.3 Å². The molecule has 0 aliphatic heterocycles. The van der Waals surface area contributed by atoms with Crippen molar-refractivity contribution in [3.8, 4) is 0 Å². The first-order valence-corrected chi connectivity index (χ1v) is 10.0. The summed E-state index contributed by atoms with van der Waals surface area (Å²) in [5.74, 6) is -0.929. The molecule has 0 spiro atoms. The molecule has 1 aliphatic rings. The van der Waals surface area contributed by atoms with Crippen LogP contribution < -0.4 is 5.14 Å². The molecule has 2 heterocycles. The molecule has 1 aromatic carbocycles. The summed E-state index contributed by atoms with van der Waals surface area (Å²) in [6.07, 6.45) is 3.77. The Morgan fingerprint density at radius 1 is 1.22 bits per heavy atom. The van der Waals surface area contributed by atoms with Crippen molar-refractivity contribution in [1.29, 1.82) is 0 Å². The Morgan fingerprint density at radius 3 is 2.41 bits per heavy atom. The molecular formula is C18H18F2N4O2S. The quantitative estimate of drug-likeness (QED) is 0.739. The van der Waals surface area contributed by atoms with Crippen LogP contribution in [0.2, 0.25) is 0 Å². The van der Waals surface area contributed by atoms with Crippen molar-refractivity contribution in [2.45, 2.75) is 44.0 Å². The number of hydrogen-bond donors (Lipinski definition) is 1. The first kappa shape index (κ1) is 18.0. The van der Waals surface area contributed by atoms with Crippen molar-refractivity contribution in [2.75, 3.05) is 0 Å². The predicted octanol–water partition coefficient (Wildman–Crippen LogP) is 2.90. The summed E-state index contributed by atoms with van der Waals surface area (Å²) in [6.45, 7) is 3.58. The van der Waals surface area contributed by atoms with E-state index in [0.29, 0.717) is 17.3 Å². The number of rotatable bonds is 4. The van der Waals surface area contributed by atoms with Crippen molar-refractivity contribution in [2.24, 2.45) is 5.14 Å². The topological polar surface area (TPSA) is 90.9 Å². The molecular weight excluding hydrogens is 374 g/mol. The van der Waals surface area contributed by atoms with Crippen LogP contribution in [0.25, 0.3) is 11.0 Å². The minimum atomic E-state index is -4.19. The highest BCUT2D eigenvalue weighted by atomic mass is 32.2. The maximum atomic E-state index is 14.5. The summed E-state index contributed by atoms with van der Waals surface area (Å²) in [6, 6.07) is 1.49. The molecule has 0 saturated heterocycles. The Kier molecular flexibility index (Phi) is 4.04. The van der Waals surface area contributed by atoms with Gasteiger partial charge in [0.25, 0.3) is 0 Å². The van der Waals surface area contributed by atoms with Crippen LogP contribution in [0.3, 0.4) is 0 Å². The van der Waals surface area contributed by atoms with Gasteiger partial charge < -0.3 is 4.57 Å². The summed E-state index contributed by atoms with van der Waals surface area (Å²) in [5, 5.41) is 4.97. The standard InChI is InChI=1S/C18H18F2N4O2S/c1-9-17(11-3-4-11)18-16(7-22-9)23-10(2)24(18)8-13-14(19)5-12(6-15(13)20)27(21,25)26/h5-7,11H,3-4,8H2,1-2H3,(H2,21,25,26). The van der Waals surface area contributed by atoms with Crippen LogP contribution in [-0.2, 0) is 16.6 Å². The molecule has 0 unspecified atom stereocenters. The van der Waals surface area contributed by atoms with Gasteiger partial charge in [-0.2, -0.15) is 0 Å². The zero-order valence-corrected chi connectivity index (χ0v) is 15.6. The number of hydrogen-bond acceptors (Lipinski definition) is 4. The van der Waals surface area contributed by atoms with Gasteiger partial charge in [-0.05, 0) is 44.7 Å². The number of pyridine rings is 1. The van der Waals surface area contributed by atoms with E-state index >= 15 is 0 Å². The number of benzene rings is 1. The minimum absolute atomic E-state index is 0.103. The first-order chi connectivity index (χ1) is 12.7. The number of nitrogens with zero attached hydrogens (tertiary/aromatic N) is 3. The number of imidazole rings is 1. The average Bonchev–Trinajstić information content (AvgIpc) is 3.34. The van der Waals surface area contributed by atoms with E-state index in [1.165, 1.54) is 0 Å². The zero-order valence-electron chi connectivity index (χ0n) is 14.8. The molecule has 0 bridgehead atoms. The summed E-state index contributed by atoms with van der Waals surface area (Å²) in [5.41, 5.74) is 3.23. The smallest absolute Gasteiger partial charge is 0.238 e. The number of fused-ring (bicyclic) bond motifs is 1. The molecule has 2 aromatic heterocycles. The van der Waals surface area contributed by atoms with Crippen LogP contribution in [-0.4, -0.2) is 23.0 Å². The molecule has 1 aliphatic carbocycles. The van der Waals surface area contributed by atoms with E-state index in [4.69, 9.17) is 5.14 Å². The van der Waals surface area contributed by atoms with E-state index in [1.807, 2.05) is 6.92 Å². The fourth-order valence-electron chi connectivity index (χ4n) is 3.47. The lowest BCUT2D eigenvalue weighted by Crippen LogP contribution is -2.15. The SMILES string of the molecule is Cc1ncc2nc(C)n(Cc3c(F)cc(S(N)(=O)=O)cc3F)c2c1C1CC1. The molecule has 27 heavy (non-hydrogen) atoms. The number of sulfonamides is 1. The normalized spacial score (nSPS) is 14.9. The van der Waals surface area contributed by atoms with Gasteiger partial charge in [0.2, 0.25) is 10.0 Å². The van der Waals surface area contributed by atoms with E-state index in [0.717, 1.165) is 41.7 Å². The van der Waals surface area contributed by atoms with E-state index in [-0.39, 0.29) is 12.1 Å². The van der Waals surface area contributed by atoms with Crippen molar-refractivity contribution in [3.63, 3.8) is 0 Å². The minimum Gasteiger partial charge on any atom is -0.323 e. The Morgan fingerprint density at radius 2 is 1.85 bits per heavy atom. The van der Waals surface area contributed by atoms with E-state index in [9.17, 15) is 17.2 Å². The van der Waals surface area contributed by atoms with Crippen LogP contribution in [0.15, 0.2) is 23.2 Å².